The summed E-state index contributed by atoms with van der Waals surface area (Å²) < 4.78 is 4.80. The first-order valence-corrected chi connectivity index (χ1v) is 2.48. The summed E-state index contributed by atoms with van der Waals surface area (Å²) in [7, 11) is 1.59. The summed E-state index contributed by atoms with van der Waals surface area (Å²) in [5, 5.41) is 0. The Bertz CT molecular complexity index is 103. The molecule has 0 saturated carbocycles. The molecule has 0 spiro atoms. The summed E-state index contributed by atoms with van der Waals surface area (Å²) >= 11 is 0. The van der Waals surface area contributed by atoms with Gasteiger partial charge in [-0.15, -0.1) is 0 Å². The average molecular weight is 113 g/mol. The molecule has 0 aliphatic carbocycles. The van der Waals surface area contributed by atoms with Gasteiger partial charge in [0.05, 0.1) is 7.11 Å². The first kappa shape index (κ1) is 7.28. The van der Waals surface area contributed by atoms with Gasteiger partial charge in [0.2, 0.25) is 0 Å². The Labute approximate surface area is 49.6 Å². The van der Waals surface area contributed by atoms with Gasteiger partial charge in [-0.3, -0.25) is 0 Å². The molecule has 0 aromatic heterocycles. The number of hydrogen-bond donors (Lipinski definition) is 1. The van der Waals surface area contributed by atoms with Crippen molar-refractivity contribution in [3.63, 3.8) is 0 Å². The molecule has 0 atom stereocenters. The fourth-order valence-corrected chi connectivity index (χ4v) is 0.394. The molecule has 0 aromatic rings. The lowest BCUT2D eigenvalue weighted by Gasteiger charge is -1.97. The summed E-state index contributed by atoms with van der Waals surface area (Å²) in [4.78, 5) is 0. The van der Waals surface area contributed by atoms with Gasteiger partial charge < -0.3 is 10.5 Å². The highest BCUT2D eigenvalue weighted by molar-refractivity contribution is 4.88. The van der Waals surface area contributed by atoms with E-state index in [1.54, 1.807) is 7.11 Å². The third-order valence-electron chi connectivity index (χ3n) is 0.815. The summed E-state index contributed by atoms with van der Waals surface area (Å²) in [5.41, 5.74) is 7.83. The quantitative estimate of drug-likeness (QED) is 0.431. The number of nitrogens with two attached hydrogens (primary N) is 1. The van der Waals surface area contributed by atoms with E-state index in [9.17, 15) is 0 Å². The normalized spacial score (nSPS) is 7.75. The lowest BCUT2D eigenvalue weighted by atomic mass is 10.4. The average Bonchev–Trinajstić information content (AvgIpc) is 1.83. The van der Waals surface area contributed by atoms with Crippen LogP contribution in [0.15, 0.2) is 18.1 Å². The van der Waals surface area contributed by atoms with E-state index in [1.807, 2.05) is 0 Å². The standard InChI is InChI=1S/C6H11NO/c1-3-6(8-2)4-5-7/h1,4-5,7H2,2H3. The molecule has 2 heteroatoms. The summed E-state index contributed by atoms with van der Waals surface area (Å²) in [5.74, 6) is 0.729. The van der Waals surface area contributed by atoms with Gasteiger partial charge in [-0.05, 0) is 6.54 Å². The molecule has 0 rings (SSSR count). The fraction of sp³-hybridized carbons (Fsp3) is 0.500. The maximum absolute atomic E-state index is 5.21. The van der Waals surface area contributed by atoms with Gasteiger partial charge in [0, 0.05) is 6.42 Å². The van der Waals surface area contributed by atoms with Crippen LogP contribution in [0.2, 0.25) is 0 Å². The minimum absolute atomic E-state index is 0.589. The van der Waals surface area contributed by atoms with E-state index in [-0.39, 0.29) is 0 Å². The van der Waals surface area contributed by atoms with Crippen molar-refractivity contribution in [2.75, 3.05) is 13.7 Å². The van der Waals surface area contributed by atoms with Crippen LogP contribution in [0.4, 0.5) is 0 Å². The Hall–Kier alpha value is -0.720. The van der Waals surface area contributed by atoms with Crippen LogP contribution in [0.3, 0.4) is 0 Å². The van der Waals surface area contributed by atoms with E-state index >= 15 is 0 Å². The zero-order valence-electron chi connectivity index (χ0n) is 5.11. The molecule has 0 unspecified atom stereocenters. The highest BCUT2D eigenvalue weighted by atomic mass is 16.5. The highest BCUT2D eigenvalue weighted by Gasteiger charge is 1.87. The maximum atomic E-state index is 5.21. The number of methoxy groups -OCH3 is 1. The Morgan fingerprint density at radius 1 is 1.88 bits per heavy atom. The highest BCUT2D eigenvalue weighted by Crippen LogP contribution is 1.94. The van der Waals surface area contributed by atoms with Gasteiger partial charge in [0.25, 0.3) is 0 Å². The van der Waals surface area contributed by atoms with Crippen LogP contribution in [0.25, 0.3) is 0 Å². The smallest absolute Gasteiger partial charge is 0.138 e. The monoisotopic (exact) mass is 113 g/mol. The molecule has 8 heavy (non-hydrogen) atoms. The second-order valence-electron chi connectivity index (χ2n) is 1.34. The van der Waals surface area contributed by atoms with Crippen molar-refractivity contribution in [2.24, 2.45) is 5.73 Å². The van der Waals surface area contributed by atoms with Crippen LogP contribution in [-0.4, -0.2) is 13.7 Å². The van der Waals surface area contributed by atoms with Crippen molar-refractivity contribution in [1.29, 1.82) is 0 Å². The zero-order valence-corrected chi connectivity index (χ0v) is 5.11. The Morgan fingerprint density at radius 2 is 2.50 bits per heavy atom. The second-order valence-corrected chi connectivity index (χ2v) is 1.34. The third-order valence-corrected chi connectivity index (χ3v) is 0.815. The second kappa shape index (κ2) is 4.44. The van der Waals surface area contributed by atoms with Crippen molar-refractivity contribution in [3.8, 4) is 0 Å². The van der Waals surface area contributed by atoms with Crippen LogP contribution in [0, 0.1) is 0 Å². The predicted molar refractivity (Wildman–Crippen MR) is 33.3 cm³/mol. The SMILES string of the molecule is C=C=C(CCN)OC. The fourth-order valence-electron chi connectivity index (χ4n) is 0.394. The molecule has 0 aromatic carbocycles. The molecule has 0 heterocycles. The van der Waals surface area contributed by atoms with Gasteiger partial charge >= 0.3 is 0 Å². The molecule has 0 radical (unpaired) electrons. The Balaban J connectivity index is 3.55. The lowest BCUT2D eigenvalue weighted by Crippen LogP contribution is -2.00. The molecule has 2 N–H and O–H groups in total. The zero-order chi connectivity index (χ0) is 6.41. The molecule has 2 nitrogen and oxygen atoms in total. The Morgan fingerprint density at radius 3 is 2.62 bits per heavy atom. The number of ether oxygens (including phenoxy) is 1. The lowest BCUT2D eigenvalue weighted by molar-refractivity contribution is 0.280. The van der Waals surface area contributed by atoms with Crippen LogP contribution in [0.1, 0.15) is 6.42 Å². The van der Waals surface area contributed by atoms with Crippen molar-refractivity contribution >= 4 is 0 Å². The maximum Gasteiger partial charge on any atom is 0.138 e. The number of hydrogen-bond acceptors (Lipinski definition) is 2. The molecule has 0 aliphatic rings. The minimum Gasteiger partial charge on any atom is -0.493 e. The predicted octanol–water partition coefficient (Wildman–Crippen LogP) is 0.650. The molecular formula is C6H11NO. The Kier molecular flexibility index (Phi) is 4.04. The molecule has 0 aliphatic heterocycles. The largest absolute Gasteiger partial charge is 0.493 e. The molecule has 0 bridgehead atoms. The van der Waals surface area contributed by atoms with Crippen LogP contribution in [0.5, 0.6) is 0 Å². The summed E-state index contributed by atoms with van der Waals surface area (Å²) in [6, 6.07) is 0. The molecule has 0 saturated heterocycles. The topological polar surface area (TPSA) is 35.2 Å². The van der Waals surface area contributed by atoms with Gasteiger partial charge in [-0.25, -0.2) is 0 Å². The van der Waals surface area contributed by atoms with E-state index in [4.69, 9.17) is 10.5 Å². The van der Waals surface area contributed by atoms with Gasteiger partial charge in [-0.2, -0.15) is 0 Å². The van der Waals surface area contributed by atoms with Gasteiger partial charge in [0.15, 0.2) is 0 Å². The van der Waals surface area contributed by atoms with E-state index in [0.717, 1.165) is 12.2 Å². The van der Waals surface area contributed by atoms with E-state index in [2.05, 4.69) is 12.3 Å². The first-order chi connectivity index (χ1) is 3.85. The van der Waals surface area contributed by atoms with Crippen molar-refractivity contribution in [2.45, 2.75) is 6.42 Å². The van der Waals surface area contributed by atoms with E-state index in [0.29, 0.717) is 6.54 Å². The first-order valence-electron chi connectivity index (χ1n) is 2.48. The minimum atomic E-state index is 0.589. The van der Waals surface area contributed by atoms with Gasteiger partial charge in [-0.1, -0.05) is 12.3 Å². The van der Waals surface area contributed by atoms with Crippen LogP contribution >= 0.6 is 0 Å². The van der Waals surface area contributed by atoms with E-state index < -0.39 is 0 Å². The summed E-state index contributed by atoms with van der Waals surface area (Å²) in [6.45, 7) is 4.00. The van der Waals surface area contributed by atoms with Crippen molar-refractivity contribution in [1.82, 2.24) is 0 Å². The molecular weight excluding hydrogens is 102 g/mol. The molecule has 0 amide bonds. The van der Waals surface area contributed by atoms with Crippen molar-refractivity contribution in [3.05, 3.63) is 18.1 Å². The summed E-state index contributed by atoms with van der Waals surface area (Å²) in [6.07, 6.45) is 0.722. The molecule has 0 fully saturated rings. The van der Waals surface area contributed by atoms with Gasteiger partial charge in [0.1, 0.15) is 5.76 Å². The van der Waals surface area contributed by atoms with E-state index in [1.165, 1.54) is 0 Å². The van der Waals surface area contributed by atoms with Crippen LogP contribution < -0.4 is 5.73 Å². The van der Waals surface area contributed by atoms with Crippen LogP contribution in [-0.2, 0) is 4.74 Å². The number of rotatable bonds is 3. The van der Waals surface area contributed by atoms with Crippen molar-refractivity contribution < 1.29 is 4.74 Å². The third kappa shape index (κ3) is 2.45. The molecule has 46 valence electrons.